The lowest BCUT2D eigenvalue weighted by molar-refractivity contribution is 0.0276. The molecule has 23 heavy (non-hydrogen) atoms. The minimum Gasteiger partial charge on any atom is -0.444 e. The van der Waals surface area contributed by atoms with Crippen LogP contribution in [0.25, 0.3) is 0 Å². The number of nitrogens with one attached hydrogen (secondary N) is 1. The molecule has 2 unspecified atom stereocenters. The van der Waals surface area contributed by atoms with Crippen LogP contribution >= 0.6 is 0 Å². The third-order valence-electron chi connectivity index (χ3n) is 3.72. The highest BCUT2D eigenvalue weighted by Gasteiger charge is 2.21. The van der Waals surface area contributed by atoms with Gasteiger partial charge in [0.1, 0.15) is 5.60 Å². The molecular weight excluding hydrogens is 288 g/mol. The van der Waals surface area contributed by atoms with Gasteiger partial charge in [0.2, 0.25) is 0 Å². The van der Waals surface area contributed by atoms with Crippen molar-refractivity contribution in [3.05, 3.63) is 35.4 Å². The third kappa shape index (κ3) is 7.04. The van der Waals surface area contributed by atoms with Gasteiger partial charge >= 0.3 is 6.09 Å². The molecule has 0 bridgehead atoms. The molecule has 0 radical (unpaired) electrons. The maximum absolute atomic E-state index is 12.0. The molecule has 1 amide bonds. The van der Waals surface area contributed by atoms with Crippen molar-refractivity contribution in [1.29, 1.82) is 0 Å². The second-order valence-corrected chi connectivity index (χ2v) is 7.45. The Hall–Kier alpha value is -1.55. The van der Waals surface area contributed by atoms with Crippen LogP contribution in [0.1, 0.15) is 51.8 Å². The van der Waals surface area contributed by atoms with Crippen LogP contribution in [0.3, 0.4) is 0 Å². The van der Waals surface area contributed by atoms with Crippen LogP contribution < -0.4 is 5.32 Å². The van der Waals surface area contributed by atoms with Crippen molar-refractivity contribution >= 4 is 6.09 Å². The van der Waals surface area contributed by atoms with E-state index >= 15 is 0 Å². The standard InChI is InChI=1S/C19H32N2O2/c1-14(13-21(7)18(22)23-19(4,5)6)12-20-16(3)17-11-9-8-10-15(17)2/h8-11,14,16,20H,12-13H2,1-7H3. The van der Waals surface area contributed by atoms with E-state index < -0.39 is 5.60 Å². The minimum absolute atomic E-state index is 0.267. The number of amides is 1. The molecule has 2 atom stereocenters. The molecule has 0 saturated carbocycles. The lowest BCUT2D eigenvalue weighted by Crippen LogP contribution is -2.38. The van der Waals surface area contributed by atoms with Gasteiger partial charge in [-0.25, -0.2) is 4.79 Å². The van der Waals surface area contributed by atoms with Crippen molar-refractivity contribution in [2.45, 2.75) is 53.2 Å². The molecule has 1 aromatic carbocycles. The number of carbonyl (C=O) groups is 1. The van der Waals surface area contributed by atoms with E-state index in [1.54, 1.807) is 11.9 Å². The van der Waals surface area contributed by atoms with Gasteiger partial charge < -0.3 is 15.0 Å². The van der Waals surface area contributed by atoms with Crippen molar-refractivity contribution in [1.82, 2.24) is 10.2 Å². The first-order valence-corrected chi connectivity index (χ1v) is 8.33. The Morgan fingerprint density at radius 2 is 1.87 bits per heavy atom. The first-order chi connectivity index (χ1) is 10.6. The van der Waals surface area contributed by atoms with Gasteiger partial charge in [-0.15, -0.1) is 0 Å². The SMILES string of the molecule is Cc1ccccc1C(C)NCC(C)CN(C)C(=O)OC(C)(C)C. The summed E-state index contributed by atoms with van der Waals surface area (Å²) in [7, 11) is 1.79. The van der Waals surface area contributed by atoms with Gasteiger partial charge in [-0.3, -0.25) is 0 Å². The van der Waals surface area contributed by atoms with Crippen LogP contribution in [0, 0.1) is 12.8 Å². The largest absolute Gasteiger partial charge is 0.444 e. The molecule has 130 valence electrons. The smallest absolute Gasteiger partial charge is 0.410 e. The van der Waals surface area contributed by atoms with Crippen LogP contribution in [-0.2, 0) is 4.74 Å². The Morgan fingerprint density at radius 3 is 2.43 bits per heavy atom. The zero-order chi connectivity index (χ0) is 17.6. The summed E-state index contributed by atoms with van der Waals surface area (Å²) < 4.78 is 5.38. The quantitative estimate of drug-likeness (QED) is 0.856. The van der Waals surface area contributed by atoms with Crippen molar-refractivity contribution in [3.63, 3.8) is 0 Å². The zero-order valence-electron chi connectivity index (χ0n) is 15.6. The Kier molecular flexibility index (Phi) is 7.07. The van der Waals surface area contributed by atoms with Crippen molar-refractivity contribution < 1.29 is 9.53 Å². The molecule has 0 aliphatic rings. The van der Waals surface area contributed by atoms with E-state index in [-0.39, 0.29) is 6.09 Å². The predicted molar refractivity (Wildman–Crippen MR) is 95.6 cm³/mol. The lowest BCUT2D eigenvalue weighted by Gasteiger charge is -2.27. The van der Waals surface area contributed by atoms with Gasteiger partial charge in [-0.2, -0.15) is 0 Å². The molecule has 1 N–H and O–H groups in total. The number of hydrogen-bond donors (Lipinski definition) is 1. The van der Waals surface area contributed by atoms with Crippen LogP contribution in [0.4, 0.5) is 4.79 Å². The molecule has 4 nitrogen and oxygen atoms in total. The van der Waals surface area contributed by atoms with E-state index in [0.717, 1.165) is 6.54 Å². The number of hydrogen-bond acceptors (Lipinski definition) is 3. The summed E-state index contributed by atoms with van der Waals surface area (Å²) in [6, 6.07) is 8.72. The second-order valence-electron chi connectivity index (χ2n) is 7.45. The van der Waals surface area contributed by atoms with Gasteiger partial charge in [0, 0.05) is 19.6 Å². The summed E-state index contributed by atoms with van der Waals surface area (Å²) in [6.07, 6.45) is -0.267. The highest BCUT2D eigenvalue weighted by Crippen LogP contribution is 2.17. The number of aryl methyl sites for hydroxylation is 1. The highest BCUT2D eigenvalue weighted by molar-refractivity contribution is 5.67. The van der Waals surface area contributed by atoms with Gasteiger partial charge in [0.15, 0.2) is 0 Å². The minimum atomic E-state index is -0.452. The topological polar surface area (TPSA) is 41.6 Å². The fourth-order valence-corrected chi connectivity index (χ4v) is 2.51. The van der Waals surface area contributed by atoms with E-state index in [9.17, 15) is 4.79 Å². The van der Waals surface area contributed by atoms with Gasteiger partial charge in [0.05, 0.1) is 0 Å². The van der Waals surface area contributed by atoms with Gasteiger partial charge in [0.25, 0.3) is 0 Å². The number of nitrogens with zero attached hydrogens (tertiary/aromatic N) is 1. The zero-order valence-corrected chi connectivity index (χ0v) is 15.6. The van der Waals surface area contributed by atoms with E-state index in [1.807, 2.05) is 20.8 Å². The Balaban J connectivity index is 2.43. The maximum atomic E-state index is 12.0. The van der Waals surface area contributed by atoms with E-state index in [2.05, 4.69) is 50.4 Å². The number of carbonyl (C=O) groups excluding carboxylic acids is 1. The summed E-state index contributed by atoms with van der Waals surface area (Å²) in [4.78, 5) is 13.6. The maximum Gasteiger partial charge on any atom is 0.410 e. The molecule has 1 rings (SSSR count). The van der Waals surface area contributed by atoms with Crippen LogP contribution in [0.15, 0.2) is 24.3 Å². The Labute approximate surface area is 141 Å². The highest BCUT2D eigenvalue weighted by atomic mass is 16.6. The normalized spacial score (nSPS) is 14.2. The fourth-order valence-electron chi connectivity index (χ4n) is 2.51. The summed E-state index contributed by atoms with van der Waals surface area (Å²) >= 11 is 0. The van der Waals surface area contributed by atoms with E-state index in [0.29, 0.717) is 18.5 Å². The van der Waals surface area contributed by atoms with Crippen molar-refractivity contribution in [2.75, 3.05) is 20.1 Å². The van der Waals surface area contributed by atoms with Crippen molar-refractivity contribution in [2.24, 2.45) is 5.92 Å². The van der Waals surface area contributed by atoms with Crippen molar-refractivity contribution in [3.8, 4) is 0 Å². The fraction of sp³-hybridized carbons (Fsp3) is 0.632. The van der Waals surface area contributed by atoms with E-state index in [1.165, 1.54) is 11.1 Å². The summed E-state index contributed by atoms with van der Waals surface area (Å²) in [5, 5.41) is 3.55. The third-order valence-corrected chi connectivity index (χ3v) is 3.72. The number of benzene rings is 1. The average molecular weight is 320 g/mol. The molecule has 0 aromatic heterocycles. The molecule has 4 heteroatoms. The Bertz CT molecular complexity index is 508. The summed E-state index contributed by atoms with van der Waals surface area (Å²) in [6.45, 7) is 13.6. The van der Waals surface area contributed by atoms with Crippen LogP contribution in [0.5, 0.6) is 0 Å². The first-order valence-electron chi connectivity index (χ1n) is 8.33. The monoisotopic (exact) mass is 320 g/mol. The summed E-state index contributed by atoms with van der Waals surface area (Å²) in [5.74, 6) is 0.346. The predicted octanol–water partition coefficient (Wildman–Crippen LogP) is 4.15. The molecule has 0 aliphatic heterocycles. The Morgan fingerprint density at radius 1 is 1.26 bits per heavy atom. The molecule has 0 saturated heterocycles. The van der Waals surface area contributed by atoms with Crippen LogP contribution in [-0.4, -0.2) is 36.7 Å². The molecule has 1 aromatic rings. The molecule has 0 aliphatic carbocycles. The van der Waals surface area contributed by atoms with Gasteiger partial charge in [-0.05, 0) is 58.2 Å². The number of ether oxygens (including phenoxy) is 1. The number of rotatable bonds is 6. The molecular formula is C19H32N2O2. The second kappa shape index (κ2) is 8.34. The first kappa shape index (κ1) is 19.5. The van der Waals surface area contributed by atoms with E-state index in [4.69, 9.17) is 4.74 Å². The van der Waals surface area contributed by atoms with Gasteiger partial charge in [-0.1, -0.05) is 31.2 Å². The summed E-state index contributed by atoms with van der Waals surface area (Å²) in [5.41, 5.74) is 2.16. The average Bonchev–Trinajstić information content (AvgIpc) is 2.43. The molecule has 0 fully saturated rings. The molecule has 0 spiro atoms. The van der Waals surface area contributed by atoms with Crippen LogP contribution in [0.2, 0.25) is 0 Å². The lowest BCUT2D eigenvalue weighted by atomic mass is 10.0. The molecule has 0 heterocycles.